The lowest BCUT2D eigenvalue weighted by Gasteiger charge is -2.22. The molecule has 0 aliphatic carbocycles. The maximum atomic E-state index is 6.20. The molecule has 2 N–H and O–H groups in total. The van der Waals surface area contributed by atoms with Crippen molar-refractivity contribution in [1.82, 2.24) is 0 Å². The van der Waals surface area contributed by atoms with Crippen molar-refractivity contribution in [3.63, 3.8) is 0 Å². The summed E-state index contributed by atoms with van der Waals surface area (Å²) in [7, 11) is 0. The Balaban J connectivity index is 1.71. The molecule has 2 aromatic carbocycles. The van der Waals surface area contributed by atoms with Crippen molar-refractivity contribution in [3.8, 4) is 11.5 Å². The Labute approximate surface area is 129 Å². The van der Waals surface area contributed by atoms with Crippen LogP contribution in [0.25, 0.3) is 6.08 Å². The summed E-state index contributed by atoms with van der Waals surface area (Å²) in [6, 6.07) is 8.90. The van der Waals surface area contributed by atoms with E-state index in [9.17, 15) is 0 Å². The molecule has 3 aliphatic heterocycles. The average Bonchev–Trinajstić information content (AvgIpc) is 2.56. The van der Waals surface area contributed by atoms with Crippen LogP contribution in [0.4, 0.5) is 5.69 Å². The zero-order chi connectivity index (χ0) is 14.5. The molecule has 0 bridgehead atoms. The number of nitrogens with one attached hydrogen (secondary N) is 2. The maximum absolute atomic E-state index is 6.20. The molecule has 0 atom stereocenters. The number of hydrogen-bond acceptors (Lipinski definition) is 2. The van der Waals surface area contributed by atoms with E-state index in [-0.39, 0.29) is 0 Å². The molecular weight excluding hydrogens is 272 g/mol. The molecule has 3 aliphatic rings. The Bertz CT molecular complexity index is 899. The van der Waals surface area contributed by atoms with E-state index in [0.29, 0.717) is 0 Å². The highest BCUT2D eigenvalue weighted by Gasteiger charge is 2.19. The van der Waals surface area contributed by atoms with E-state index in [1.54, 1.807) is 0 Å². The molecule has 0 unspecified atom stereocenters. The summed E-state index contributed by atoms with van der Waals surface area (Å²) < 4.78 is 6.20. The Hall–Kier alpha value is -2.29. The predicted molar refractivity (Wildman–Crippen MR) is 85.8 cm³/mol. The third-order valence-electron chi connectivity index (χ3n) is 4.88. The smallest absolute Gasteiger partial charge is 0.205 e. The Morgan fingerprint density at radius 3 is 2.91 bits per heavy atom. The van der Waals surface area contributed by atoms with Crippen molar-refractivity contribution in [2.24, 2.45) is 0 Å². The molecule has 2 aromatic rings. The van der Waals surface area contributed by atoms with E-state index >= 15 is 0 Å². The van der Waals surface area contributed by atoms with Crippen LogP contribution in [0.5, 0.6) is 11.5 Å². The standard InChI is InChI=1S/C19H18N2O/c1-3-12-7-14-9-15-8-13-4-2-6-21-17(13)11-19(15)22-18(14)10-16(12)20-5-1/h7-11,20H,1-6H2/p+1. The van der Waals surface area contributed by atoms with Gasteiger partial charge in [0, 0.05) is 41.1 Å². The monoisotopic (exact) mass is 291 g/mol. The van der Waals surface area contributed by atoms with Crippen LogP contribution in [0, 0.1) is 0 Å². The van der Waals surface area contributed by atoms with E-state index in [4.69, 9.17) is 4.74 Å². The summed E-state index contributed by atoms with van der Waals surface area (Å²) in [5.74, 6) is 1.94. The third-order valence-corrected chi connectivity index (χ3v) is 4.88. The van der Waals surface area contributed by atoms with Crippen LogP contribution in [0.2, 0.25) is 0 Å². The number of ether oxygens (including phenoxy) is 1. The maximum Gasteiger partial charge on any atom is 0.205 e. The summed E-state index contributed by atoms with van der Waals surface area (Å²) in [6.07, 6.45) is 7.01. The first-order valence-electron chi connectivity index (χ1n) is 8.21. The number of fused-ring (bicyclic) bond motifs is 4. The van der Waals surface area contributed by atoms with Crippen molar-refractivity contribution in [2.75, 3.05) is 18.4 Å². The zero-order valence-electron chi connectivity index (χ0n) is 12.5. The number of aryl methyl sites for hydroxylation is 2. The molecule has 0 radical (unpaired) electrons. The molecule has 0 amide bonds. The van der Waals surface area contributed by atoms with Crippen molar-refractivity contribution < 1.29 is 9.73 Å². The van der Waals surface area contributed by atoms with Gasteiger partial charge >= 0.3 is 0 Å². The van der Waals surface area contributed by atoms with Gasteiger partial charge in [0.05, 0.1) is 6.07 Å². The predicted octanol–water partition coefficient (Wildman–Crippen LogP) is 0.626. The molecule has 0 fully saturated rings. The Morgan fingerprint density at radius 1 is 0.955 bits per heavy atom. The molecule has 22 heavy (non-hydrogen) atoms. The van der Waals surface area contributed by atoms with Gasteiger partial charge in [0.25, 0.3) is 0 Å². The number of benzene rings is 2. The second-order valence-corrected chi connectivity index (χ2v) is 6.40. The highest BCUT2D eigenvalue weighted by Crippen LogP contribution is 2.34. The number of rotatable bonds is 0. The van der Waals surface area contributed by atoms with E-state index in [1.807, 2.05) is 0 Å². The number of hydrogen-bond donors (Lipinski definition) is 2. The van der Waals surface area contributed by atoms with Gasteiger partial charge in [0.2, 0.25) is 5.36 Å². The minimum Gasteiger partial charge on any atom is -0.456 e. The number of anilines is 1. The summed E-state index contributed by atoms with van der Waals surface area (Å²) >= 11 is 0. The van der Waals surface area contributed by atoms with E-state index in [1.165, 1.54) is 45.8 Å². The van der Waals surface area contributed by atoms with Crippen molar-refractivity contribution in [2.45, 2.75) is 25.7 Å². The van der Waals surface area contributed by atoms with Gasteiger partial charge < -0.3 is 10.1 Å². The molecule has 0 saturated heterocycles. The van der Waals surface area contributed by atoms with Gasteiger partial charge in [-0.2, -0.15) is 0 Å². The first-order chi connectivity index (χ1) is 10.9. The lowest BCUT2D eigenvalue weighted by Crippen LogP contribution is -2.79. The highest BCUT2D eigenvalue weighted by atomic mass is 16.5. The largest absolute Gasteiger partial charge is 0.456 e. The Morgan fingerprint density at radius 2 is 1.91 bits per heavy atom. The summed E-state index contributed by atoms with van der Waals surface area (Å²) in [5.41, 5.74) is 5.26. The summed E-state index contributed by atoms with van der Waals surface area (Å²) in [6.45, 7) is 2.12. The van der Waals surface area contributed by atoms with Crippen LogP contribution in [0.3, 0.4) is 0 Å². The van der Waals surface area contributed by atoms with Gasteiger partial charge in [-0.15, -0.1) is 0 Å². The molecule has 3 heteroatoms. The quantitative estimate of drug-likeness (QED) is 0.637. The normalized spacial score (nSPS) is 17.5. The summed E-state index contributed by atoms with van der Waals surface area (Å²) in [5, 5.41) is 5.92. The van der Waals surface area contributed by atoms with E-state index in [2.05, 4.69) is 40.7 Å². The fourth-order valence-electron chi connectivity index (χ4n) is 3.72. The minimum absolute atomic E-state index is 0.969. The topological polar surface area (TPSA) is 35.2 Å². The second kappa shape index (κ2) is 4.60. The van der Waals surface area contributed by atoms with Crippen LogP contribution in [0.15, 0.2) is 24.3 Å². The van der Waals surface area contributed by atoms with Gasteiger partial charge in [-0.1, -0.05) is 0 Å². The first kappa shape index (κ1) is 12.3. The molecule has 0 aromatic heterocycles. The van der Waals surface area contributed by atoms with Gasteiger partial charge in [0.15, 0.2) is 0 Å². The van der Waals surface area contributed by atoms with Crippen LogP contribution in [0.1, 0.15) is 29.5 Å². The molecule has 3 nitrogen and oxygen atoms in total. The molecule has 110 valence electrons. The fourth-order valence-corrected chi connectivity index (χ4v) is 3.72. The minimum atomic E-state index is 0.969. The van der Waals surface area contributed by atoms with Gasteiger partial charge in [-0.05, 0) is 43.0 Å². The summed E-state index contributed by atoms with van der Waals surface area (Å²) in [4.78, 5) is 3.48. The van der Waals surface area contributed by atoms with Crippen molar-refractivity contribution in [1.29, 1.82) is 0 Å². The van der Waals surface area contributed by atoms with Crippen LogP contribution in [-0.4, -0.2) is 13.1 Å². The lowest BCUT2D eigenvalue weighted by molar-refractivity contribution is -0.505. The Kier molecular flexibility index (Phi) is 2.57. The van der Waals surface area contributed by atoms with Gasteiger partial charge in [-0.3, -0.25) is 0 Å². The van der Waals surface area contributed by atoms with Crippen molar-refractivity contribution >= 4 is 11.8 Å². The van der Waals surface area contributed by atoms with Gasteiger partial charge in [0.1, 0.15) is 18.0 Å². The zero-order valence-corrected chi connectivity index (χ0v) is 12.5. The first-order valence-corrected chi connectivity index (χ1v) is 8.21. The molecule has 5 rings (SSSR count). The second-order valence-electron chi connectivity index (χ2n) is 6.40. The fraction of sp³-hybridized carbons (Fsp3) is 0.316. The van der Waals surface area contributed by atoms with Crippen molar-refractivity contribution in [3.05, 3.63) is 51.5 Å². The van der Waals surface area contributed by atoms with Gasteiger partial charge in [-0.25, -0.2) is 4.99 Å². The molecule has 0 saturated carbocycles. The lowest BCUT2D eigenvalue weighted by atomic mass is 9.97. The van der Waals surface area contributed by atoms with Crippen LogP contribution < -0.4 is 25.6 Å². The average molecular weight is 291 g/mol. The molecule has 0 spiro atoms. The van der Waals surface area contributed by atoms with E-state index < -0.39 is 0 Å². The SMILES string of the molecule is C1=c2cc3c(cc2Oc2cc4c(cc21)CCCN4)=[NH+]CCC3. The highest BCUT2D eigenvalue weighted by molar-refractivity contribution is 5.70. The third kappa shape index (κ3) is 1.85. The van der Waals surface area contributed by atoms with Crippen LogP contribution in [-0.2, 0) is 12.8 Å². The molecular formula is C19H19N2O+. The van der Waals surface area contributed by atoms with Crippen LogP contribution >= 0.6 is 0 Å². The van der Waals surface area contributed by atoms with E-state index in [0.717, 1.165) is 37.4 Å². The molecule has 3 heterocycles.